The van der Waals surface area contributed by atoms with E-state index in [1.165, 1.54) is 30.3 Å². The molecule has 1 saturated heterocycles. The number of alkyl halides is 2. The fraction of sp³-hybridized carbons (Fsp3) is 0.409. The van der Waals surface area contributed by atoms with E-state index in [1.54, 1.807) is 32.9 Å². The van der Waals surface area contributed by atoms with Crippen molar-refractivity contribution in [3.8, 4) is 11.1 Å². The molecule has 3 rings (SSSR count). The van der Waals surface area contributed by atoms with Gasteiger partial charge in [-0.3, -0.25) is 4.90 Å². The van der Waals surface area contributed by atoms with Gasteiger partial charge in [0.25, 0.3) is 5.92 Å². The molecule has 0 aromatic heterocycles. The number of halogens is 4. The summed E-state index contributed by atoms with van der Waals surface area (Å²) in [7, 11) is 0. The molecule has 0 unspecified atom stereocenters. The third kappa shape index (κ3) is 4.59. The Hall–Kier alpha value is -2.61. The van der Waals surface area contributed by atoms with Gasteiger partial charge in [-0.2, -0.15) is 0 Å². The van der Waals surface area contributed by atoms with Crippen LogP contribution >= 0.6 is 0 Å². The van der Waals surface area contributed by atoms with Gasteiger partial charge in [0.2, 0.25) is 0 Å². The lowest BCUT2D eigenvalue weighted by molar-refractivity contribution is -0.00942. The lowest BCUT2D eigenvalue weighted by Gasteiger charge is -2.29. The van der Waals surface area contributed by atoms with Crippen molar-refractivity contribution in [2.24, 2.45) is 5.73 Å². The molecule has 1 aliphatic heterocycles. The van der Waals surface area contributed by atoms with Crippen molar-refractivity contribution in [3.05, 3.63) is 59.7 Å². The van der Waals surface area contributed by atoms with Gasteiger partial charge in [0.05, 0.1) is 18.6 Å². The maximum Gasteiger partial charge on any atom is 0.410 e. The van der Waals surface area contributed by atoms with E-state index in [-0.39, 0.29) is 17.5 Å². The number of rotatable bonds is 3. The molecule has 0 saturated carbocycles. The van der Waals surface area contributed by atoms with Gasteiger partial charge in [-0.1, -0.05) is 30.3 Å². The Labute approximate surface area is 172 Å². The topological polar surface area (TPSA) is 55.6 Å². The van der Waals surface area contributed by atoms with Crippen LogP contribution in [0.25, 0.3) is 11.1 Å². The number of carbonyl (C=O) groups is 1. The predicted octanol–water partition coefficient (Wildman–Crippen LogP) is 4.76. The Kier molecular flexibility index (Phi) is 5.82. The van der Waals surface area contributed by atoms with Crippen LogP contribution in [0.2, 0.25) is 0 Å². The minimum atomic E-state index is -3.34. The zero-order valence-electron chi connectivity index (χ0n) is 17.0. The van der Waals surface area contributed by atoms with E-state index in [2.05, 4.69) is 0 Å². The molecule has 8 heteroatoms. The molecular formula is C22H24F4N2O2. The SMILES string of the molecule is CC(C)(C)OC(=O)N1CC(F)(F)[C@H](N)[C@@H]1Cc1cccc(-c2cccc(F)c2)c1F. The zero-order chi connectivity index (χ0) is 22.3. The number of carbonyl (C=O) groups excluding carboxylic acids is 1. The number of amides is 1. The Balaban J connectivity index is 1.93. The van der Waals surface area contributed by atoms with Gasteiger partial charge >= 0.3 is 6.09 Å². The van der Waals surface area contributed by atoms with Crippen LogP contribution < -0.4 is 5.73 Å². The quantitative estimate of drug-likeness (QED) is 0.723. The van der Waals surface area contributed by atoms with E-state index in [0.717, 1.165) is 4.90 Å². The zero-order valence-corrected chi connectivity index (χ0v) is 17.0. The molecule has 2 atom stereocenters. The van der Waals surface area contributed by atoms with Gasteiger partial charge < -0.3 is 10.5 Å². The van der Waals surface area contributed by atoms with Gasteiger partial charge in [-0.15, -0.1) is 0 Å². The van der Waals surface area contributed by atoms with Crippen LogP contribution in [0.5, 0.6) is 0 Å². The normalized spacial score (nSPS) is 21.0. The maximum absolute atomic E-state index is 15.2. The first-order valence-electron chi connectivity index (χ1n) is 9.55. The Morgan fingerprint density at radius 1 is 1.20 bits per heavy atom. The first kappa shape index (κ1) is 22.1. The monoisotopic (exact) mass is 424 g/mol. The number of nitrogens with two attached hydrogens (primary N) is 1. The summed E-state index contributed by atoms with van der Waals surface area (Å²) in [4.78, 5) is 13.4. The molecule has 1 fully saturated rings. The first-order valence-corrected chi connectivity index (χ1v) is 9.55. The molecule has 2 N–H and O–H groups in total. The molecule has 4 nitrogen and oxygen atoms in total. The van der Waals surface area contributed by atoms with Crippen LogP contribution in [-0.4, -0.2) is 41.1 Å². The van der Waals surface area contributed by atoms with Crippen LogP contribution in [-0.2, 0) is 11.2 Å². The number of likely N-dealkylation sites (tertiary alicyclic amines) is 1. The molecule has 2 aromatic carbocycles. The Morgan fingerprint density at radius 2 is 1.87 bits per heavy atom. The van der Waals surface area contributed by atoms with Crippen LogP contribution in [0.15, 0.2) is 42.5 Å². The van der Waals surface area contributed by atoms with Crippen LogP contribution in [0, 0.1) is 11.6 Å². The third-order valence-corrected chi connectivity index (χ3v) is 4.96. The average molecular weight is 424 g/mol. The molecule has 1 heterocycles. The lowest BCUT2D eigenvalue weighted by atomic mass is 9.95. The largest absolute Gasteiger partial charge is 0.444 e. The number of hydrogen-bond acceptors (Lipinski definition) is 3. The summed E-state index contributed by atoms with van der Waals surface area (Å²) >= 11 is 0. The highest BCUT2D eigenvalue weighted by Crippen LogP contribution is 2.35. The van der Waals surface area contributed by atoms with Crippen molar-refractivity contribution >= 4 is 6.09 Å². The number of hydrogen-bond donors (Lipinski definition) is 1. The molecule has 0 bridgehead atoms. The summed E-state index contributed by atoms with van der Waals surface area (Å²) in [6.07, 6.45) is -1.16. The molecular weight excluding hydrogens is 400 g/mol. The van der Waals surface area contributed by atoms with E-state index in [4.69, 9.17) is 10.5 Å². The maximum atomic E-state index is 15.2. The van der Waals surface area contributed by atoms with Crippen LogP contribution in [0.3, 0.4) is 0 Å². The summed E-state index contributed by atoms with van der Waals surface area (Å²) in [6, 6.07) is 7.05. The number of benzene rings is 2. The highest BCUT2D eigenvalue weighted by atomic mass is 19.3. The molecule has 0 aliphatic carbocycles. The summed E-state index contributed by atoms with van der Waals surface area (Å²) in [5, 5.41) is 0. The molecule has 1 aliphatic rings. The van der Waals surface area contributed by atoms with Gasteiger partial charge in [0, 0.05) is 5.56 Å². The molecule has 30 heavy (non-hydrogen) atoms. The standard InChI is InChI=1S/C22H24F4N2O2/c1-21(2,3)30-20(29)28-12-22(25,26)19(27)17(28)11-14-7-5-9-16(18(14)24)13-6-4-8-15(23)10-13/h4-10,17,19H,11-12,27H2,1-3H3/t17-,19+/m0/s1. The summed E-state index contributed by atoms with van der Waals surface area (Å²) in [5.74, 6) is -4.53. The second kappa shape index (κ2) is 7.91. The van der Waals surface area contributed by atoms with E-state index < -0.39 is 47.9 Å². The van der Waals surface area contributed by atoms with Crippen molar-refractivity contribution in [3.63, 3.8) is 0 Å². The molecule has 0 spiro atoms. The van der Waals surface area contributed by atoms with Crippen molar-refractivity contribution in [1.29, 1.82) is 0 Å². The average Bonchev–Trinajstić information content (AvgIpc) is 2.86. The fourth-order valence-electron chi connectivity index (χ4n) is 3.52. The number of nitrogens with zero attached hydrogens (tertiary/aromatic N) is 1. The Morgan fingerprint density at radius 3 is 2.50 bits per heavy atom. The van der Waals surface area contributed by atoms with E-state index in [1.807, 2.05) is 0 Å². The molecule has 1 amide bonds. The summed E-state index contributed by atoms with van der Waals surface area (Å²) in [6.45, 7) is 3.96. The smallest absolute Gasteiger partial charge is 0.410 e. The molecule has 162 valence electrons. The van der Waals surface area contributed by atoms with Crippen molar-refractivity contribution in [2.75, 3.05) is 6.54 Å². The van der Waals surface area contributed by atoms with Gasteiger partial charge in [-0.25, -0.2) is 22.4 Å². The fourth-order valence-corrected chi connectivity index (χ4v) is 3.52. The van der Waals surface area contributed by atoms with Gasteiger partial charge in [0.1, 0.15) is 17.2 Å². The predicted molar refractivity (Wildman–Crippen MR) is 105 cm³/mol. The second-order valence-electron chi connectivity index (χ2n) is 8.46. The van der Waals surface area contributed by atoms with Crippen LogP contribution in [0.1, 0.15) is 26.3 Å². The number of ether oxygens (including phenoxy) is 1. The summed E-state index contributed by atoms with van der Waals surface area (Å²) < 4.78 is 62.6. The first-order chi connectivity index (χ1) is 13.9. The lowest BCUT2D eigenvalue weighted by Crippen LogP contribution is -2.48. The van der Waals surface area contributed by atoms with Crippen molar-refractivity contribution in [1.82, 2.24) is 4.90 Å². The summed E-state index contributed by atoms with van der Waals surface area (Å²) in [5.41, 5.74) is 5.41. The highest BCUT2D eigenvalue weighted by molar-refractivity contribution is 5.70. The van der Waals surface area contributed by atoms with Crippen molar-refractivity contribution in [2.45, 2.75) is 50.8 Å². The molecule has 0 radical (unpaired) electrons. The minimum absolute atomic E-state index is 0.100. The van der Waals surface area contributed by atoms with E-state index in [9.17, 15) is 18.0 Å². The third-order valence-electron chi connectivity index (χ3n) is 4.96. The van der Waals surface area contributed by atoms with E-state index >= 15 is 4.39 Å². The Bertz CT molecular complexity index is 943. The second-order valence-corrected chi connectivity index (χ2v) is 8.46. The highest BCUT2D eigenvalue weighted by Gasteiger charge is 2.55. The van der Waals surface area contributed by atoms with Crippen LogP contribution in [0.4, 0.5) is 22.4 Å². The minimum Gasteiger partial charge on any atom is -0.444 e. The van der Waals surface area contributed by atoms with Gasteiger partial charge in [0.15, 0.2) is 0 Å². The molecule has 2 aromatic rings. The van der Waals surface area contributed by atoms with E-state index in [0.29, 0.717) is 5.56 Å². The van der Waals surface area contributed by atoms with Gasteiger partial charge in [-0.05, 0) is 50.5 Å². The van der Waals surface area contributed by atoms with Crippen molar-refractivity contribution < 1.29 is 27.1 Å².